The van der Waals surface area contributed by atoms with Crippen LogP contribution in [0.3, 0.4) is 0 Å². The smallest absolute Gasteiger partial charge is 0.276 e. The fourth-order valence-electron chi connectivity index (χ4n) is 3.61. The minimum absolute atomic E-state index is 0.266. The van der Waals surface area contributed by atoms with Crippen molar-refractivity contribution >= 4 is 10.8 Å². The Bertz CT molecular complexity index is 1350. The van der Waals surface area contributed by atoms with E-state index in [1.165, 1.54) is 0 Å². The summed E-state index contributed by atoms with van der Waals surface area (Å²) in [6.07, 6.45) is 0. The van der Waals surface area contributed by atoms with Gasteiger partial charge in [0.05, 0.1) is 0 Å². The maximum absolute atomic E-state index is 6.09. The second-order valence-electron chi connectivity index (χ2n) is 7.82. The molecular formula is C29H24N2O3. The van der Waals surface area contributed by atoms with Gasteiger partial charge in [-0.05, 0) is 22.6 Å². The first-order chi connectivity index (χ1) is 16.8. The Morgan fingerprint density at radius 3 is 1.88 bits per heavy atom. The van der Waals surface area contributed by atoms with Crippen molar-refractivity contribution in [2.75, 3.05) is 0 Å². The second kappa shape index (κ2) is 10.5. The van der Waals surface area contributed by atoms with E-state index in [1.54, 1.807) is 0 Å². The van der Waals surface area contributed by atoms with Crippen LogP contribution in [0.25, 0.3) is 10.8 Å². The van der Waals surface area contributed by atoms with Gasteiger partial charge in [0.25, 0.3) is 5.88 Å². The van der Waals surface area contributed by atoms with E-state index in [0.29, 0.717) is 30.5 Å². The summed E-state index contributed by atoms with van der Waals surface area (Å²) in [7, 11) is 0. The van der Waals surface area contributed by atoms with Crippen molar-refractivity contribution in [3.05, 3.63) is 126 Å². The van der Waals surface area contributed by atoms with Crippen LogP contribution in [0.1, 0.15) is 16.8 Å². The Labute approximate surface area is 198 Å². The molecule has 34 heavy (non-hydrogen) atoms. The van der Waals surface area contributed by atoms with Gasteiger partial charge >= 0.3 is 0 Å². The van der Waals surface area contributed by atoms with Gasteiger partial charge < -0.3 is 14.2 Å². The molecule has 0 aliphatic carbocycles. The van der Waals surface area contributed by atoms with Crippen molar-refractivity contribution in [2.45, 2.75) is 19.8 Å². The quantitative estimate of drug-likeness (QED) is 0.262. The molecule has 0 spiro atoms. The molecular weight excluding hydrogens is 424 g/mol. The highest BCUT2D eigenvalue weighted by molar-refractivity contribution is 5.88. The maximum atomic E-state index is 6.09. The summed E-state index contributed by atoms with van der Waals surface area (Å²) in [6, 6.07) is 35.9. The van der Waals surface area contributed by atoms with Gasteiger partial charge in [-0.25, -0.2) is 0 Å². The lowest BCUT2D eigenvalue weighted by molar-refractivity contribution is 0.240. The van der Waals surface area contributed by atoms with Crippen molar-refractivity contribution in [2.24, 2.45) is 0 Å². The molecule has 0 fully saturated rings. The molecule has 0 unspecified atom stereocenters. The van der Waals surface area contributed by atoms with E-state index in [4.69, 9.17) is 14.2 Å². The molecule has 0 bridgehead atoms. The van der Waals surface area contributed by atoms with Gasteiger partial charge in [0.15, 0.2) is 5.75 Å². The third-order valence-corrected chi connectivity index (χ3v) is 5.36. The van der Waals surface area contributed by atoms with E-state index in [-0.39, 0.29) is 6.61 Å². The number of fused-ring (bicyclic) bond motifs is 1. The summed E-state index contributed by atoms with van der Waals surface area (Å²) >= 11 is 0. The van der Waals surface area contributed by atoms with Crippen LogP contribution in [0, 0.1) is 0 Å². The molecule has 0 saturated carbocycles. The van der Waals surface area contributed by atoms with E-state index in [9.17, 15) is 0 Å². The van der Waals surface area contributed by atoms with Crippen molar-refractivity contribution < 1.29 is 14.2 Å². The molecule has 0 radical (unpaired) electrons. The van der Waals surface area contributed by atoms with Crippen LogP contribution >= 0.6 is 0 Å². The van der Waals surface area contributed by atoms with Crippen molar-refractivity contribution in [3.8, 4) is 17.4 Å². The largest absolute Gasteiger partial charge is 0.487 e. The van der Waals surface area contributed by atoms with Crippen LogP contribution < -0.4 is 14.2 Å². The predicted octanol–water partition coefficient (Wildman–Crippen LogP) is 6.37. The van der Waals surface area contributed by atoms with Gasteiger partial charge in [0, 0.05) is 11.5 Å². The molecule has 1 aromatic heterocycles. The van der Waals surface area contributed by atoms with Crippen LogP contribution in [0.4, 0.5) is 0 Å². The molecule has 0 amide bonds. The first kappa shape index (κ1) is 21.5. The minimum atomic E-state index is 0.266. The maximum Gasteiger partial charge on any atom is 0.276 e. The van der Waals surface area contributed by atoms with Crippen molar-refractivity contribution in [1.29, 1.82) is 0 Å². The summed E-state index contributed by atoms with van der Waals surface area (Å²) in [4.78, 5) is 0. The molecule has 0 saturated heterocycles. The zero-order chi connectivity index (χ0) is 23.0. The van der Waals surface area contributed by atoms with E-state index < -0.39 is 0 Å². The monoisotopic (exact) mass is 448 g/mol. The van der Waals surface area contributed by atoms with E-state index in [1.807, 2.05) is 97.1 Å². The number of hydrogen-bond donors (Lipinski definition) is 0. The summed E-state index contributed by atoms with van der Waals surface area (Å²) in [5.41, 5.74) is 2.76. The van der Waals surface area contributed by atoms with Gasteiger partial charge in [0.1, 0.15) is 31.3 Å². The van der Waals surface area contributed by atoms with E-state index in [0.717, 1.165) is 27.6 Å². The SMILES string of the molecule is c1ccc(COc2cc(COc3cccc4ccccc34)nnc2OCc2ccccc2)cc1. The van der Waals surface area contributed by atoms with Gasteiger partial charge in [0.2, 0.25) is 0 Å². The normalized spacial score (nSPS) is 10.7. The van der Waals surface area contributed by atoms with Crippen LogP contribution in [0.15, 0.2) is 109 Å². The third-order valence-electron chi connectivity index (χ3n) is 5.36. The van der Waals surface area contributed by atoms with Gasteiger partial charge in [-0.3, -0.25) is 0 Å². The lowest BCUT2D eigenvalue weighted by Crippen LogP contribution is -2.06. The summed E-state index contributed by atoms with van der Waals surface area (Å²) in [5, 5.41) is 10.8. The Morgan fingerprint density at radius 2 is 1.12 bits per heavy atom. The molecule has 0 N–H and O–H groups in total. The molecule has 4 aromatic carbocycles. The number of aromatic nitrogens is 2. The first-order valence-electron chi connectivity index (χ1n) is 11.2. The Kier molecular flexibility index (Phi) is 6.62. The van der Waals surface area contributed by atoms with E-state index >= 15 is 0 Å². The zero-order valence-electron chi connectivity index (χ0n) is 18.6. The number of rotatable bonds is 9. The second-order valence-corrected chi connectivity index (χ2v) is 7.82. The van der Waals surface area contributed by atoms with Crippen molar-refractivity contribution in [1.82, 2.24) is 10.2 Å². The summed E-state index contributed by atoms with van der Waals surface area (Å²) < 4.78 is 18.1. The van der Waals surface area contributed by atoms with E-state index in [2.05, 4.69) is 22.3 Å². The topological polar surface area (TPSA) is 53.5 Å². The van der Waals surface area contributed by atoms with Crippen LogP contribution in [0.2, 0.25) is 0 Å². The van der Waals surface area contributed by atoms with Crippen LogP contribution in [-0.4, -0.2) is 10.2 Å². The number of nitrogens with zero attached hydrogens (tertiary/aromatic N) is 2. The lowest BCUT2D eigenvalue weighted by Gasteiger charge is -2.13. The van der Waals surface area contributed by atoms with Crippen molar-refractivity contribution in [3.63, 3.8) is 0 Å². The zero-order valence-corrected chi connectivity index (χ0v) is 18.6. The molecule has 0 aliphatic rings. The molecule has 5 rings (SSSR count). The first-order valence-corrected chi connectivity index (χ1v) is 11.2. The highest BCUT2D eigenvalue weighted by Gasteiger charge is 2.12. The molecule has 5 nitrogen and oxygen atoms in total. The summed E-state index contributed by atoms with van der Waals surface area (Å²) in [5.74, 6) is 1.69. The number of ether oxygens (including phenoxy) is 3. The van der Waals surface area contributed by atoms with Gasteiger partial charge in [-0.2, -0.15) is 0 Å². The Hall–Kier alpha value is -4.38. The fraction of sp³-hybridized carbons (Fsp3) is 0.103. The minimum Gasteiger partial charge on any atom is -0.487 e. The average molecular weight is 449 g/mol. The molecule has 5 aromatic rings. The lowest BCUT2D eigenvalue weighted by atomic mass is 10.1. The predicted molar refractivity (Wildman–Crippen MR) is 132 cm³/mol. The highest BCUT2D eigenvalue weighted by Crippen LogP contribution is 2.29. The number of benzene rings is 4. The Morgan fingerprint density at radius 1 is 0.500 bits per heavy atom. The molecule has 1 heterocycles. The highest BCUT2D eigenvalue weighted by atomic mass is 16.5. The van der Waals surface area contributed by atoms with Gasteiger partial charge in [-0.1, -0.05) is 97.1 Å². The summed E-state index contributed by atoms with van der Waals surface area (Å²) in [6.45, 7) is 1.04. The third kappa shape index (κ3) is 5.33. The van der Waals surface area contributed by atoms with Crippen LogP contribution in [0.5, 0.6) is 17.4 Å². The van der Waals surface area contributed by atoms with Crippen LogP contribution in [-0.2, 0) is 19.8 Å². The molecule has 5 heteroatoms. The molecule has 168 valence electrons. The van der Waals surface area contributed by atoms with Gasteiger partial charge in [-0.15, -0.1) is 10.2 Å². The molecule has 0 atom stereocenters. The Balaban J connectivity index is 1.34. The molecule has 0 aliphatic heterocycles. The average Bonchev–Trinajstić information content (AvgIpc) is 2.91. The fourth-order valence-corrected chi connectivity index (χ4v) is 3.61. The number of hydrogen-bond acceptors (Lipinski definition) is 5. The standard InChI is InChI=1S/C29H24N2O3/c1-3-10-22(11-4-1)19-32-28-18-25(30-31-29(28)34-20-23-12-5-2-6-13-23)21-33-27-17-9-15-24-14-7-8-16-26(24)27/h1-18H,19-21H2.